The van der Waals surface area contributed by atoms with Gasteiger partial charge in [-0.15, -0.1) is 0 Å². The number of aliphatic hydroxyl groups excluding tert-OH is 1. The van der Waals surface area contributed by atoms with Crippen molar-refractivity contribution in [3.63, 3.8) is 0 Å². The summed E-state index contributed by atoms with van der Waals surface area (Å²) in [7, 11) is 0. The number of β-amino-alcohol motifs (C(OH)–C–C–N with tert-alkyl or cyclic N) is 1. The molecule has 0 saturated carbocycles. The van der Waals surface area contributed by atoms with Crippen LogP contribution < -0.4 is 5.32 Å². The van der Waals surface area contributed by atoms with Gasteiger partial charge in [0, 0.05) is 13.1 Å². The van der Waals surface area contributed by atoms with E-state index in [4.69, 9.17) is 0 Å². The first-order valence-electron chi connectivity index (χ1n) is 6.87. The minimum Gasteiger partial charge on any atom is -0.390 e. The van der Waals surface area contributed by atoms with Crippen LogP contribution in [0.2, 0.25) is 0 Å². The Balaban J connectivity index is 2.11. The van der Waals surface area contributed by atoms with Crippen LogP contribution in [0.15, 0.2) is 0 Å². The number of hydrogen-bond donors (Lipinski definition) is 2. The summed E-state index contributed by atoms with van der Waals surface area (Å²) in [6.07, 6.45) is 5.13. The van der Waals surface area contributed by atoms with E-state index in [0.717, 1.165) is 25.6 Å². The molecule has 1 aliphatic rings. The largest absolute Gasteiger partial charge is 0.390 e. The number of piperidine rings is 1. The second-order valence-electron chi connectivity index (χ2n) is 4.99. The lowest BCUT2D eigenvalue weighted by Crippen LogP contribution is -2.42. The third-order valence-corrected chi connectivity index (χ3v) is 3.50. The Hall–Kier alpha value is -0.120. The Morgan fingerprint density at radius 3 is 2.56 bits per heavy atom. The van der Waals surface area contributed by atoms with Gasteiger partial charge in [-0.1, -0.05) is 26.7 Å². The summed E-state index contributed by atoms with van der Waals surface area (Å²) in [6, 6.07) is 0. The molecular formula is C13H28N2O. The van der Waals surface area contributed by atoms with Gasteiger partial charge in [0.05, 0.1) is 6.10 Å². The molecule has 0 bridgehead atoms. The zero-order valence-corrected chi connectivity index (χ0v) is 10.9. The van der Waals surface area contributed by atoms with Crippen molar-refractivity contribution in [1.82, 2.24) is 10.2 Å². The normalized spacial score (nSPS) is 21.2. The maximum absolute atomic E-state index is 9.80. The van der Waals surface area contributed by atoms with E-state index in [1.165, 1.54) is 38.8 Å². The number of likely N-dealkylation sites (tertiary alicyclic amines) is 1. The molecule has 2 N–H and O–H groups in total. The Labute approximate surface area is 100 Å². The van der Waals surface area contributed by atoms with Crippen LogP contribution in [0.3, 0.4) is 0 Å². The van der Waals surface area contributed by atoms with Crippen LogP contribution in [0.4, 0.5) is 0 Å². The summed E-state index contributed by atoms with van der Waals surface area (Å²) in [5.74, 6) is 0.937. The molecule has 3 heteroatoms. The van der Waals surface area contributed by atoms with Crippen LogP contribution in [-0.4, -0.2) is 48.8 Å². The summed E-state index contributed by atoms with van der Waals surface area (Å²) in [4.78, 5) is 2.41. The van der Waals surface area contributed by atoms with Gasteiger partial charge >= 0.3 is 0 Å². The van der Waals surface area contributed by atoms with Gasteiger partial charge < -0.3 is 15.3 Å². The fourth-order valence-electron chi connectivity index (χ4n) is 2.54. The third-order valence-electron chi connectivity index (χ3n) is 3.50. The van der Waals surface area contributed by atoms with E-state index < -0.39 is 0 Å². The van der Waals surface area contributed by atoms with E-state index in [9.17, 15) is 5.11 Å². The van der Waals surface area contributed by atoms with Gasteiger partial charge in [0.2, 0.25) is 0 Å². The van der Waals surface area contributed by atoms with Crippen molar-refractivity contribution < 1.29 is 5.11 Å². The van der Waals surface area contributed by atoms with E-state index in [1.54, 1.807) is 0 Å². The second kappa shape index (κ2) is 8.04. The maximum Gasteiger partial charge on any atom is 0.0791 e. The average molecular weight is 228 g/mol. The highest BCUT2D eigenvalue weighted by Crippen LogP contribution is 2.21. The van der Waals surface area contributed by atoms with E-state index in [-0.39, 0.29) is 6.10 Å². The van der Waals surface area contributed by atoms with Gasteiger partial charge in [-0.2, -0.15) is 0 Å². The number of hydrogen-bond acceptors (Lipinski definition) is 3. The van der Waals surface area contributed by atoms with Crippen LogP contribution >= 0.6 is 0 Å². The number of aliphatic hydroxyl groups is 1. The van der Waals surface area contributed by atoms with Crippen LogP contribution in [0.1, 0.15) is 39.5 Å². The Bertz CT molecular complexity index is 167. The van der Waals surface area contributed by atoms with Crippen molar-refractivity contribution in [2.75, 3.05) is 32.7 Å². The van der Waals surface area contributed by atoms with Crippen LogP contribution in [0.25, 0.3) is 0 Å². The molecule has 0 aromatic heterocycles. The molecule has 0 radical (unpaired) electrons. The summed E-state index contributed by atoms with van der Waals surface area (Å²) in [6.45, 7) is 9.20. The Morgan fingerprint density at radius 1 is 1.31 bits per heavy atom. The van der Waals surface area contributed by atoms with Crippen molar-refractivity contribution in [1.29, 1.82) is 0 Å². The molecule has 0 aromatic rings. The van der Waals surface area contributed by atoms with E-state index in [2.05, 4.69) is 24.1 Å². The first kappa shape index (κ1) is 13.9. The molecule has 1 aliphatic heterocycles. The molecule has 0 aliphatic carbocycles. The zero-order valence-electron chi connectivity index (χ0n) is 10.9. The first-order chi connectivity index (χ1) is 7.76. The van der Waals surface area contributed by atoms with Crippen molar-refractivity contribution in [2.24, 2.45) is 5.92 Å². The standard InChI is InChI=1S/C13H28N2O/c1-3-5-12-6-8-15(9-7-12)11-13(16)10-14-4-2/h12-14,16H,3-11H2,1-2H3. The molecule has 1 rings (SSSR count). The molecule has 1 saturated heterocycles. The zero-order chi connectivity index (χ0) is 11.8. The summed E-state index contributed by atoms with van der Waals surface area (Å²) in [5, 5.41) is 13.0. The van der Waals surface area contributed by atoms with E-state index in [0.29, 0.717) is 0 Å². The molecule has 96 valence electrons. The Morgan fingerprint density at radius 2 is 2.00 bits per heavy atom. The van der Waals surface area contributed by atoms with Crippen molar-refractivity contribution in [3.8, 4) is 0 Å². The van der Waals surface area contributed by atoms with Gasteiger partial charge in [-0.3, -0.25) is 0 Å². The van der Waals surface area contributed by atoms with Crippen molar-refractivity contribution in [2.45, 2.75) is 45.6 Å². The topological polar surface area (TPSA) is 35.5 Å². The maximum atomic E-state index is 9.80. The van der Waals surface area contributed by atoms with Crippen molar-refractivity contribution in [3.05, 3.63) is 0 Å². The molecule has 1 unspecified atom stereocenters. The molecule has 1 heterocycles. The van der Waals surface area contributed by atoms with E-state index >= 15 is 0 Å². The highest BCUT2D eigenvalue weighted by molar-refractivity contribution is 4.74. The molecule has 1 fully saturated rings. The van der Waals surface area contributed by atoms with Crippen LogP contribution in [0, 0.1) is 5.92 Å². The second-order valence-corrected chi connectivity index (χ2v) is 4.99. The van der Waals surface area contributed by atoms with Gasteiger partial charge in [0.15, 0.2) is 0 Å². The molecule has 0 amide bonds. The predicted molar refractivity (Wildman–Crippen MR) is 68.6 cm³/mol. The minimum atomic E-state index is -0.206. The number of likely N-dealkylation sites (N-methyl/N-ethyl adjacent to an activating group) is 1. The third kappa shape index (κ3) is 5.28. The fourth-order valence-corrected chi connectivity index (χ4v) is 2.54. The fraction of sp³-hybridized carbons (Fsp3) is 1.00. The van der Waals surface area contributed by atoms with Gasteiger partial charge in [0.1, 0.15) is 0 Å². The monoisotopic (exact) mass is 228 g/mol. The first-order valence-corrected chi connectivity index (χ1v) is 6.87. The molecule has 3 nitrogen and oxygen atoms in total. The van der Waals surface area contributed by atoms with Gasteiger partial charge in [0.25, 0.3) is 0 Å². The molecule has 1 atom stereocenters. The molecule has 0 spiro atoms. The van der Waals surface area contributed by atoms with Crippen LogP contribution in [0.5, 0.6) is 0 Å². The highest BCUT2D eigenvalue weighted by Gasteiger charge is 2.19. The SMILES string of the molecule is CCCC1CCN(CC(O)CNCC)CC1. The number of nitrogens with zero attached hydrogens (tertiary/aromatic N) is 1. The summed E-state index contributed by atoms with van der Waals surface area (Å²) in [5.41, 5.74) is 0. The average Bonchev–Trinajstić information content (AvgIpc) is 2.29. The highest BCUT2D eigenvalue weighted by atomic mass is 16.3. The van der Waals surface area contributed by atoms with Gasteiger partial charge in [-0.05, 0) is 38.4 Å². The number of rotatable bonds is 7. The minimum absolute atomic E-state index is 0.206. The lowest BCUT2D eigenvalue weighted by atomic mass is 9.92. The summed E-state index contributed by atoms with van der Waals surface area (Å²) < 4.78 is 0. The predicted octanol–water partition coefficient (Wildman–Crippen LogP) is 1.47. The lowest BCUT2D eigenvalue weighted by Gasteiger charge is -2.33. The molecule has 0 aromatic carbocycles. The lowest BCUT2D eigenvalue weighted by molar-refractivity contribution is 0.0877. The summed E-state index contributed by atoms with van der Waals surface area (Å²) >= 11 is 0. The smallest absolute Gasteiger partial charge is 0.0791 e. The van der Waals surface area contributed by atoms with E-state index in [1.807, 2.05) is 0 Å². The molecule has 16 heavy (non-hydrogen) atoms. The van der Waals surface area contributed by atoms with Gasteiger partial charge in [-0.25, -0.2) is 0 Å². The number of nitrogens with one attached hydrogen (secondary N) is 1. The molecular weight excluding hydrogens is 200 g/mol. The van der Waals surface area contributed by atoms with Crippen molar-refractivity contribution >= 4 is 0 Å². The van der Waals surface area contributed by atoms with Crippen LogP contribution in [-0.2, 0) is 0 Å². The Kier molecular flexibility index (Phi) is 7.01. The quantitative estimate of drug-likeness (QED) is 0.692.